The Morgan fingerprint density at radius 2 is 0.593 bits per heavy atom. The van der Waals surface area contributed by atoms with Crippen molar-refractivity contribution in [3.63, 3.8) is 0 Å². The summed E-state index contributed by atoms with van der Waals surface area (Å²) in [5.41, 5.74) is 0. The summed E-state index contributed by atoms with van der Waals surface area (Å²) in [6.45, 7) is 4.67. The standard InChI is InChI=1S/C82H141NO8/c1-6-8-10-12-14-16-18-20-22-24-26-28-30-32-34-36-37-38-39-40-41-42-43-45-46-48-50-52-54-56-58-60-62-64-66-68-70-72-79(84)89-76-78(77-90-82(81(86)87)88-75-74-83(3,4)5)91-80(85)73-71-69-67-65-63-61-59-57-55-53-51-49-47-44-35-33-31-29-27-25-23-21-19-17-15-13-11-9-7-2/h8-11,14-17,20-23,26-29,33,35,47,49,78,82H,6-7,12-13,18-19,24-25,30-32,34,36-46,48,50-77H2,1-5H3/p+1/b10-8-,11-9-,16-14-,17-15-,22-20-,23-21-,28-26-,29-27-,35-33-,49-47-. The lowest BCUT2D eigenvalue weighted by atomic mass is 10.0. The molecule has 0 fully saturated rings. The molecule has 1 N–H and O–H groups in total. The Balaban J connectivity index is 4.04. The summed E-state index contributed by atoms with van der Waals surface area (Å²) in [5.74, 6) is -2.00. The van der Waals surface area contributed by atoms with E-state index in [1.165, 1.54) is 180 Å². The van der Waals surface area contributed by atoms with E-state index in [0.717, 1.165) is 109 Å². The van der Waals surface area contributed by atoms with Crippen molar-refractivity contribution in [3.8, 4) is 0 Å². The number of quaternary nitrogens is 1. The molecule has 2 unspecified atom stereocenters. The molecule has 0 saturated heterocycles. The molecular formula is C82H142NO8+. The van der Waals surface area contributed by atoms with Gasteiger partial charge in [-0.3, -0.25) is 9.59 Å². The summed E-state index contributed by atoms with van der Waals surface area (Å²) in [5, 5.41) is 9.76. The normalized spacial score (nSPS) is 13.4. The van der Waals surface area contributed by atoms with E-state index in [0.29, 0.717) is 23.9 Å². The third-order valence-electron chi connectivity index (χ3n) is 16.2. The number of ether oxygens (including phenoxy) is 4. The van der Waals surface area contributed by atoms with Crippen molar-refractivity contribution in [2.45, 2.75) is 334 Å². The first-order chi connectivity index (χ1) is 44.6. The van der Waals surface area contributed by atoms with Crippen LogP contribution in [-0.4, -0.2) is 87.4 Å². The van der Waals surface area contributed by atoms with Gasteiger partial charge in [0.25, 0.3) is 6.29 Å². The first-order valence-corrected chi connectivity index (χ1v) is 37.7. The fourth-order valence-electron chi connectivity index (χ4n) is 10.5. The number of rotatable bonds is 69. The molecule has 0 spiro atoms. The van der Waals surface area contributed by atoms with E-state index in [1.54, 1.807) is 0 Å². The molecule has 2 atom stereocenters. The zero-order valence-corrected chi connectivity index (χ0v) is 59.7. The fourth-order valence-corrected chi connectivity index (χ4v) is 10.5. The zero-order valence-electron chi connectivity index (χ0n) is 59.7. The molecule has 0 aromatic carbocycles. The number of nitrogens with zero attached hydrogens (tertiary/aromatic N) is 1. The number of aliphatic carboxylic acids is 1. The van der Waals surface area contributed by atoms with Crippen molar-refractivity contribution in [1.29, 1.82) is 0 Å². The van der Waals surface area contributed by atoms with E-state index in [4.69, 9.17) is 18.9 Å². The molecule has 0 rings (SSSR count). The highest BCUT2D eigenvalue weighted by atomic mass is 16.7. The summed E-state index contributed by atoms with van der Waals surface area (Å²) in [4.78, 5) is 37.7. The first-order valence-electron chi connectivity index (χ1n) is 37.7. The van der Waals surface area contributed by atoms with Crippen LogP contribution in [0.1, 0.15) is 322 Å². The highest BCUT2D eigenvalue weighted by molar-refractivity contribution is 5.71. The minimum atomic E-state index is -1.52. The molecule has 0 aliphatic carbocycles. The van der Waals surface area contributed by atoms with Crippen LogP contribution >= 0.6 is 0 Å². The molecule has 9 heteroatoms. The summed E-state index contributed by atoms with van der Waals surface area (Å²) in [6.07, 6.45) is 99.0. The van der Waals surface area contributed by atoms with Crippen LogP contribution in [0.3, 0.4) is 0 Å². The van der Waals surface area contributed by atoms with Crippen molar-refractivity contribution < 1.29 is 42.9 Å². The smallest absolute Gasteiger partial charge is 0.361 e. The van der Waals surface area contributed by atoms with Crippen LogP contribution in [0.4, 0.5) is 0 Å². The van der Waals surface area contributed by atoms with Gasteiger partial charge in [0.05, 0.1) is 34.4 Å². The van der Waals surface area contributed by atoms with Crippen LogP contribution in [0.25, 0.3) is 0 Å². The number of likely N-dealkylation sites (N-methyl/N-ethyl adjacent to an activating group) is 1. The molecule has 0 saturated carbocycles. The minimum Gasteiger partial charge on any atom is -0.477 e. The molecule has 0 bridgehead atoms. The van der Waals surface area contributed by atoms with Crippen molar-refractivity contribution in [3.05, 3.63) is 122 Å². The predicted molar refractivity (Wildman–Crippen MR) is 391 cm³/mol. The van der Waals surface area contributed by atoms with E-state index in [-0.39, 0.29) is 32.2 Å². The topological polar surface area (TPSA) is 108 Å². The molecule has 0 aliphatic heterocycles. The van der Waals surface area contributed by atoms with Crippen LogP contribution in [0.15, 0.2) is 122 Å². The molecule has 0 aromatic rings. The van der Waals surface area contributed by atoms with Gasteiger partial charge in [-0.15, -0.1) is 0 Å². The highest BCUT2D eigenvalue weighted by Crippen LogP contribution is 2.18. The van der Waals surface area contributed by atoms with Crippen molar-refractivity contribution in [1.82, 2.24) is 0 Å². The van der Waals surface area contributed by atoms with Gasteiger partial charge in [0.15, 0.2) is 6.10 Å². The SMILES string of the molecule is CC/C=C\C/C=C\C/C=C\C/C=C\C/C=C\C/C=C\CCCCCCCCCCCCC(=O)OC(COC(=O)CCCCCCCCCCCCCCCCCCCCCCCCCC/C=C\C/C=C\C/C=C\C/C=C\CC)COC(OCC[N+](C)(C)C)C(=O)O. The zero-order chi connectivity index (χ0) is 66.1. The molecule has 9 nitrogen and oxygen atoms in total. The molecule has 0 heterocycles. The van der Waals surface area contributed by atoms with E-state index < -0.39 is 24.3 Å². The van der Waals surface area contributed by atoms with Crippen LogP contribution in [-0.2, 0) is 33.3 Å². The number of carbonyl (C=O) groups excluding carboxylic acids is 2. The van der Waals surface area contributed by atoms with E-state index in [1.807, 2.05) is 21.1 Å². The number of carboxylic acids is 1. The second-order valence-corrected chi connectivity index (χ2v) is 26.2. The summed E-state index contributed by atoms with van der Waals surface area (Å²) in [6, 6.07) is 0. The maximum absolute atomic E-state index is 13.0. The van der Waals surface area contributed by atoms with Gasteiger partial charge in [-0.25, -0.2) is 4.79 Å². The van der Waals surface area contributed by atoms with Crippen LogP contribution in [0, 0.1) is 0 Å². The third kappa shape index (κ3) is 73.0. The summed E-state index contributed by atoms with van der Waals surface area (Å²) in [7, 11) is 5.98. The lowest BCUT2D eigenvalue weighted by Gasteiger charge is -2.25. The van der Waals surface area contributed by atoms with Crippen molar-refractivity contribution in [2.24, 2.45) is 0 Å². The molecule has 91 heavy (non-hydrogen) atoms. The van der Waals surface area contributed by atoms with E-state index >= 15 is 0 Å². The Morgan fingerprint density at radius 3 is 0.879 bits per heavy atom. The quantitative estimate of drug-likeness (QED) is 0.0211. The Kier molecular flexibility index (Phi) is 68.1. The molecule has 522 valence electrons. The number of allylic oxidation sites excluding steroid dienone is 20. The average molecular weight is 1270 g/mol. The van der Waals surface area contributed by atoms with Gasteiger partial charge in [-0.05, 0) is 103 Å². The van der Waals surface area contributed by atoms with Gasteiger partial charge in [0.1, 0.15) is 13.2 Å². The Hall–Kier alpha value is -4.31. The van der Waals surface area contributed by atoms with Gasteiger partial charge >= 0.3 is 17.9 Å². The summed E-state index contributed by atoms with van der Waals surface area (Å²) >= 11 is 0. The minimum absolute atomic E-state index is 0.183. The fraction of sp³-hybridized carbons (Fsp3) is 0.720. The molecule has 0 aromatic heterocycles. The third-order valence-corrected chi connectivity index (χ3v) is 16.2. The number of carboxylic acid groups (broad SMARTS) is 1. The number of hydrogen-bond donors (Lipinski definition) is 1. The molecule has 0 aliphatic rings. The second kappa shape index (κ2) is 71.5. The number of hydrogen-bond acceptors (Lipinski definition) is 7. The van der Waals surface area contributed by atoms with Crippen LogP contribution < -0.4 is 0 Å². The Morgan fingerprint density at radius 1 is 0.330 bits per heavy atom. The lowest BCUT2D eigenvalue weighted by molar-refractivity contribution is -0.870. The van der Waals surface area contributed by atoms with Crippen molar-refractivity contribution in [2.75, 3.05) is 47.5 Å². The van der Waals surface area contributed by atoms with Gasteiger partial charge < -0.3 is 28.5 Å². The maximum atomic E-state index is 13.0. The Labute approximate surface area is 561 Å². The second-order valence-electron chi connectivity index (χ2n) is 26.2. The monoisotopic (exact) mass is 1270 g/mol. The predicted octanol–water partition coefficient (Wildman–Crippen LogP) is 23.9. The molecule has 0 amide bonds. The largest absolute Gasteiger partial charge is 0.477 e. The maximum Gasteiger partial charge on any atom is 0.361 e. The molecular weight excluding hydrogens is 1130 g/mol. The van der Waals surface area contributed by atoms with Gasteiger partial charge in [0.2, 0.25) is 0 Å². The van der Waals surface area contributed by atoms with Crippen LogP contribution in [0.2, 0.25) is 0 Å². The van der Waals surface area contributed by atoms with E-state index in [2.05, 4.69) is 135 Å². The van der Waals surface area contributed by atoms with Gasteiger partial charge in [0, 0.05) is 12.8 Å². The number of carbonyl (C=O) groups is 3. The lowest BCUT2D eigenvalue weighted by Crippen LogP contribution is -2.40. The average Bonchev–Trinajstić information content (AvgIpc) is 3.66. The van der Waals surface area contributed by atoms with Gasteiger partial charge in [-0.2, -0.15) is 0 Å². The van der Waals surface area contributed by atoms with E-state index in [9.17, 15) is 19.5 Å². The highest BCUT2D eigenvalue weighted by Gasteiger charge is 2.25. The Bertz CT molecular complexity index is 1910. The first kappa shape index (κ1) is 86.7. The van der Waals surface area contributed by atoms with Crippen molar-refractivity contribution >= 4 is 17.9 Å². The summed E-state index contributed by atoms with van der Waals surface area (Å²) < 4.78 is 23.0. The molecule has 0 radical (unpaired) electrons. The van der Waals surface area contributed by atoms with Crippen LogP contribution in [0.5, 0.6) is 0 Å². The van der Waals surface area contributed by atoms with Gasteiger partial charge in [-0.1, -0.05) is 328 Å². The number of esters is 2. The number of unbranched alkanes of at least 4 members (excludes halogenated alkanes) is 34.